The highest BCUT2D eigenvalue weighted by Crippen LogP contribution is 2.27. The van der Waals surface area contributed by atoms with Crippen LogP contribution in [-0.4, -0.2) is 45.3 Å². The summed E-state index contributed by atoms with van der Waals surface area (Å²) in [6, 6.07) is 5.07. The Morgan fingerprint density at radius 1 is 1.40 bits per heavy atom. The molecule has 104 valence electrons. The molecule has 0 saturated carbocycles. The maximum atomic E-state index is 10.9. The van der Waals surface area contributed by atoms with E-state index in [2.05, 4.69) is 9.97 Å². The molecule has 1 saturated heterocycles. The standard InChI is InChI=1S/C13H13N3O3S/c17-8-4-6-16(7-8)11-3-5-14-12(15-11)9-1-2-10(20-9)13(18)19/h1-3,5,8,17H,4,6-7H2,(H,18,19)/t8-/m0/s1. The number of aliphatic hydroxyl groups excluding tert-OH is 1. The summed E-state index contributed by atoms with van der Waals surface area (Å²) in [5.74, 6) is 0.332. The number of anilines is 1. The number of hydrogen-bond donors (Lipinski definition) is 2. The van der Waals surface area contributed by atoms with Crippen LogP contribution in [0.3, 0.4) is 0 Å². The fourth-order valence-electron chi connectivity index (χ4n) is 2.17. The van der Waals surface area contributed by atoms with Crippen LogP contribution in [0.5, 0.6) is 0 Å². The van der Waals surface area contributed by atoms with Crippen molar-refractivity contribution in [3.8, 4) is 10.7 Å². The van der Waals surface area contributed by atoms with Gasteiger partial charge in [-0.2, -0.15) is 0 Å². The van der Waals surface area contributed by atoms with E-state index in [1.165, 1.54) is 0 Å². The Morgan fingerprint density at radius 3 is 2.90 bits per heavy atom. The van der Waals surface area contributed by atoms with Gasteiger partial charge >= 0.3 is 5.97 Å². The fraction of sp³-hybridized carbons (Fsp3) is 0.308. The van der Waals surface area contributed by atoms with Crippen molar-refractivity contribution in [2.45, 2.75) is 12.5 Å². The Bertz CT molecular complexity index is 643. The van der Waals surface area contributed by atoms with Crippen molar-refractivity contribution in [2.75, 3.05) is 18.0 Å². The number of aromatic nitrogens is 2. The Balaban J connectivity index is 1.88. The molecule has 3 rings (SSSR count). The van der Waals surface area contributed by atoms with Gasteiger partial charge in [0.05, 0.1) is 11.0 Å². The first-order valence-electron chi connectivity index (χ1n) is 6.23. The zero-order valence-corrected chi connectivity index (χ0v) is 11.4. The summed E-state index contributed by atoms with van der Waals surface area (Å²) in [5.41, 5.74) is 0. The van der Waals surface area contributed by atoms with E-state index in [4.69, 9.17) is 5.11 Å². The molecule has 1 fully saturated rings. The minimum Gasteiger partial charge on any atom is -0.477 e. The maximum Gasteiger partial charge on any atom is 0.345 e. The number of rotatable bonds is 3. The smallest absolute Gasteiger partial charge is 0.345 e. The maximum absolute atomic E-state index is 10.9. The molecule has 7 heteroatoms. The van der Waals surface area contributed by atoms with Crippen LogP contribution in [-0.2, 0) is 0 Å². The van der Waals surface area contributed by atoms with E-state index >= 15 is 0 Å². The third kappa shape index (κ3) is 2.50. The van der Waals surface area contributed by atoms with Gasteiger partial charge in [-0.1, -0.05) is 0 Å². The highest BCUT2D eigenvalue weighted by atomic mass is 32.1. The Hall–Kier alpha value is -1.99. The van der Waals surface area contributed by atoms with E-state index in [1.54, 1.807) is 24.4 Å². The first kappa shape index (κ1) is 13.0. The van der Waals surface area contributed by atoms with Crippen molar-refractivity contribution in [1.82, 2.24) is 9.97 Å². The fourth-order valence-corrected chi connectivity index (χ4v) is 2.95. The highest BCUT2D eigenvalue weighted by Gasteiger charge is 2.22. The number of carbonyl (C=O) groups is 1. The van der Waals surface area contributed by atoms with Gasteiger partial charge in [0.15, 0.2) is 5.82 Å². The van der Waals surface area contributed by atoms with Crippen LogP contribution in [0.2, 0.25) is 0 Å². The van der Waals surface area contributed by atoms with Crippen LogP contribution in [0.25, 0.3) is 10.7 Å². The average Bonchev–Trinajstić information content (AvgIpc) is 3.07. The van der Waals surface area contributed by atoms with Crippen LogP contribution in [0.1, 0.15) is 16.1 Å². The normalized spacial score (nSPS) is 18.4. The average molecular weight is 291 g/mol. The van der Waals surface area contributed by atoms with Crippen molar-refractivity contribution >= 4 is 23.1 Å². The second kappa shape index (κ2) is 5.18. The summed E-state index contributed by atoms with van der Waals surface area (Å²) in [6.45, 7) is 1.34. The number of carboxylic acids is 1. The van der Waals surface area contributed by atoms with Crippen molar-refractivity contribution < 1.29 is 15.0 Å². The summed E-state index contributed by atoms with van der Waals surface area (Å²) in [5, 5.41) is 18.5. The van der Waals surface area contributed by atoms with Gasteiger partial charge in [0, 0.05) is 19.3 Å². The highest BCUT2D eigenvalue weighted by molar-refractivity contribution is 7.17. The second-order valence-electron chi connectivity index (χ2n) is 4.60. The first-order chi connectivity index (χ1) is 9.63. The summed E-state index contributed by atoms with van der Waals surface area (Å²) >= 11 is 1.15. The van der Waals surface area contributed by atoms with Gasteiger partial charge in [0.25, 0.3) is 0 Å². The van der Waals surface area contributed by atoms with E-state index in [1.807, 2.05) is 4.90 Å². The molecule has 0 aliphatic carbocycles. The molecular weight excluding hydrogens is 278 g/mol. The van der Waals surface area contributed by atoms with Crippen molar-refractivity contribution in [2.24, 2.45) is 0 Å². The van der Waals surface area contributed by atoms with Crippen LogP contribution in [0.15, 0.2) is 24.4 Å². The van der Waals surface area contributed by atoms with Gasteiger partial charge in [0.2, 0.25) is 0 Å². The van der Waals surface area contributed by atoms with E-state index < -0.39 is 5.97 Å². The van der Waals surface area contributed by atoms with Crippen molar-refractivity contribution in [3.05, 3.63) is 29.3 Å². The van der Waals surface area contributed by atoms with E-state index in [9.17, 15) is 9.90 Å². The van der Waals surface area contributed by atoms with Gasteiger partial charge in [-0.25, -0.2) is 14.8 Å². The lowest BCUT2D eigenvalue weighted by atomic mass is 10.3. The zero-order chi connectivity index (χ0) is 14.1. The van der Waals surface area contributed by atoms with Gasteiger partial charge in [-0.05, 0) is 24.6 Å². The Morgan fingerprint density at radius 2 is 2.25 bits per heavy atom. The molecule has 1 aliphatic heterocycles. The number of thiophene rings is 1. The molecule has 3 heterocycles. The number of hydrogen-bond acceptors (Lipinski definition) is 6. The molecule has 6 nitrogen and oxygen atoms in total. The number of aromatic carboxylic acids is 1. The van der Waals surface area contributed by atoms with Gasteiger partial charge < -0.3 is 15.1 Å². The van der Waals surface area contributed by atoms with E-state index in [0.29, 0.717) is 12.4 Å². The molecule has 2 aromatic heterocycles. The Labute approximate surface area is 119 Å². The zero-order valence-electron chi connectivity index (χ0n) is 10.6. The number of β-amino-alcohol motifs (C(OH)–C–C–N with tert-alkyl or cyclic N) is 1. The monoisotopic (exact) mass is 291 g/mol. The lowest BCUT2D eigenvalue weighted by Gasteiger charge is -2.16. The van der Waals surface area contributed by atoms with Crippen LogP contribution < -0.4 is 4.90 Å². The minimum absolute atomic E-state index is 0.269. The van der Waals surface area contributed by atoms with E-state index in [-0.39, 0.29) is 11.0 Å². The topological polar surface area (TPSA) is 86.5 Å². The molecular formula is C13H13N3O3S. The van der Waals surface area contributed by atoms with Crippen LogP contribution >= 0.6 is 11.3 Å². The molecule has 1 atom stereocenters. The van der Waals surface area contributed by atoms with Gasteiger partial charge in [-0.3, -0.25) is 0 Å². The minimum atomic E-state index is -0.944. The largest absolute Gasteiger partial charge is 0.477 e. The third-order valence-electron chi connectivity index (χ3n) is 3.17. The quantitative estimate of drug-likeness (QED) is 0.890. The molecule has 0 aromatic carbocycles. The van der Waals surface area contributed by atoms with Crippen molar-refractivity contribution in [3.63, 3.8) is 0 Å². The second-order valence-corrected chi connectivity index (χ2v) is 5.68. The molecule has 20 heavy (non-hydrogen) atoms. The van der Waals surface area contributed by atoms with Crippen LogP contribution in [0, 0.1) is 0 Å². The van der Waals surface area contributed by atoms with Gasteiger partial charge in [-0.15, -0.1) is 11.3 Å². The SMILES string of the molecule is O=C(O)c1ccc(-c2nccc(N3CC[C@H](O)C3)n2)s1. The Kier molecular flexibility index (Phi) is 3.37. The summed E-state index contributed by atoms with van der Waals surface area (Å²) in [6.07, 6.45) is 2.08. The summed E-state index contributed by atoms with van der Waals surface area (Å²) in [7, 11) is 0. The number of carboxylic acid groups (broad SMARTS) is 1. The predicted molar refractivity (Wildman–Crippen MR) is 75.1 cm³/mol. The molecule has 0 amide bonds. The molecule has 2 N–H and O–H groups in total. The molecule has 1 aliphatic rings. The molecule has 2 aromatic rings. The van der Waals surface area contributed by atoms with Gasteiger partial charge in [0.1, 0.15) is 10.7 Å². The number of aliphatic hydroxyl groups is 1. The molecule has 0 bridgehead atoms. The summed E-state index contributed by atoms with van der Waals surface area (Å²) in [4.78, 5) is 22.5. The summed E-state index contributed by atoms with van der Waals surface area (Å²) < 4.78 is 0. The molecule has 0 radical (unpaired) electrons. The van der Waals surface area contributed by atoms with E-state index in [0.717, 1.165) is 35.0 Å². The first-order valence-corrected chi connectivity index (χ1v) is 7.04. The lowest BCUT2D eigenvalue weighted by molar-refractivity contribution is 0.0702. The third-order valence-corrected chi connectivity index (χ3v) is 4.23. The predicted octanol–water partition coefficient (Wildman–Crippen LogP) is 1.47. The van der Waals surface area contributed by atoms with Crippen LogP contribution in [0.4, 0.5) is 5.82 Å². The lowest BCUT2D eigenvalue weighted by Crippen LogP contribution is -2.22. The van der Waals surface area contributed by atoms with Crippen molar-refractivity contribution in [1.29, 1.82) is 0 Å². The number of nitrogens with zero attached hydrogens (tertiary/aromatic N) is 3. The molecule has 0 spiro atoms. The molecule has 0 unspecified atom stereocenters.